The van der Waals surface area contributed by atoms with Crippen molar-refractivity contribution >= 4 is 5.91 Å². The third kappa shape index (κ3) is 21.6. The number of amides is 1. The second-order valence-electron chi connectivity index (χ2n) is 10.0. The maximum Gasteiger partial charge on any atom is 0.222 e. The molecule has 3 atom stereocenters. The Morgan fingerprint density at radius 1 is 0.636 bits per heavy atom. The SMILES string of the molecule is CCCCCCCCCCCC(O)CC(=O)NC(CO)C(O)CCCCCCCCCCC. The molecule has 0 aliphatic rings. The van der Waals surface area contributed by atoms with Gasteiger partial charge in [-0.1, -0.05) is 129 Å². The van der Waals surface area contributed by atoms with E-state index in [0.717, 1.165) is 25.7 Å². The molecule has 0 heterocycles. The lowest BCUT2D eigenvalue weighted by atomic mass is 10.0. The zero-order valence-electron chi connectivity index (χ0n) is 22.0. The molecule has 0 saturated carbocycles. The largest absolute Gasteiger partial charge is 0.394 e. The average Bonchev–Trinajstić information content (AvgIpc) is 2.80. The number of aliphatic hydroxyl groups is 3. The topological polar surface area (TPSA) is 89.8 Å². The molecule has 0 aromatic carbocycles. The third-order valence-corrected chi connectivity index (χ3v) is 6.67. The minimum atomic E-state index is -0.738. The molecule has 4 N–H and O–H groups in total. The molecule has 0 rings (SSSR count). The van der Waals surface area contributed by atoms with Crippen LogP contribution < -0.4 is 5.32 Å². The van der Waals surface area contributed by atoms with Crippen LogP contribution in [-0.2, 0) is 4.79 Å². The first-order valence-corrected chi connectivity index (χ1v) is 14.3. The summed E-state index contributed by atoms with van der Waals surface area (Å²) in [6, 6.07) is -0.647. The van der Waals surface area contributed by atoms with Crippen LogP contribution in [0, 0.1) is 0 Å². The zero-order valence-corrected chi connectivity index (χ0v) is 22.0. The monoisotopic (exact) mass is 471 g/mol. The lowest BCUT2D eigenvalue weighted by Gasteiger charge is -2.23. The molecule has 1 amide bonds. The van der Waals surface area contributed by atoms with Crippen molar-refractivity contribution in [2.45, 2.75) is 167 Å². The predicted octanol–water partition coefficient (Wildman–Crippen LogP) is 6.42. The van der Waals surface area contributed by atoms with E-state index in [-0.39, 0.29) is 18.9 Å². The minimum absolute atomic E-state index is 0.0399. The molecule has 33 heavy (non-hydrogen) atoms. The van der Waals surface area contributed by atoms with Gasteiger partial charge in [-0.2, -0.15) is 0 Å². The number of unbranched alkanes of at least 4 members (excludes halogenated alkanes) is 16. The van der Waals surface area contributed by atoms with E-state index in [9.17, 15) is 20.1 Å². The Balaban J connectivity index is 3.77. The van der Waals surface area contributed by atoms with Crippen LogP contribution in [0.4, 0.5) is 0 Å². The Hall–Kier alpha value is -0.650. The number of hydrogen-bond donors (Lipinski definition) is 4. The number of carbonyl (C=O) groups is 1. The fraction of sp³-hybridized carbons (Fsp3) is 0.964. The van der Waals surface area contributed by atoms with Crippen molar-refractivity contribution in [1.82, 2.24) is 5.32 Å². The lowest BCUT2D eigenvalue weighted by Crippen LogP contribution is -2.46. The van der Waals surface area contributed by atoms with E-state index in [1.165, 1.54) is 89.9 Å². The first kappa shape index (κ1) is 32.4. The Kier molecular flexibility index (Phi) is 24.0. The van der Waals surface area contributed by atoms with E-state index < -0.39 is 18.2 Å². The summed E-state index contributed by atoms with van der Waals surface area (Å²) in [7, 11) is 0. The van der Waals surface area contributed by atoms with E-state index >= 15 is 0 Å². The first-order valence-electron chi connectivity index (χ1n) is 14.3. The summed E-state index contributed by atoms with van der Waals surface area (Å²) in [6.07, 6.45) is 21.9. The molecule has 0 aromatic heterocycles. The fourth-order valence-corrected chi connectivity index (χ4v) is 4.40. The van der Waals surface area contributed by atoms with E-state index in [4.69, 9.17) is 0 Å². The fourth-order valence-electron chi connectivity index (χ4n) is 4.40. The second-order valence-corrected chi connectivity index (χ2v) is 10.0. The Morgan fingerprint density at radius 3 is 1.45 bits per heavy atom. The molecule has 5 nitrogen and oxygen atoms in total. The van der Waals surface area contributed by atoms with Gasteiger partial charge in [0.15, 0.2) is 0 Å². The number of hydrogen-bond acceptors (Lipinski definition) is 4. The Bertz CT molecular complexity index is 419. The number of nitrogens with one attached hydrogen (secondary N) is 1. The van der Waals surface area contributed by atoms with Gasteiger partial charge in [-0.3, -0.25) is 4.79 Å². The van der Waals surface area contributed by atoms with Crippen LogP contribution in [0.15, 0.2) is 0 Å². The number of carbonyl (C=O) groups excluding carboxylic acids is 1. The molecule has 198 valence electrons. The Labute approximate surface area is 205 Å². The van der Waals surface area contributed by atoms with E-state index in [0.29, 0.717) is 12.8 Å². The van der Waals surface area contributed by atoms with Crippen LogP contribution >= 0.6 is 0 Å². The van der Waals surface area contributed by atoms with Crippen molar-refractivity contribution in [2.24, 2.45) is 0 Å². The van der Waals surface area contributed by atoms with Crippen LogP contribution in [-0.4, -0.2) is 46.1 Å². The molecule has 0 saturated heterocycles. The molecule has 0 aliphatic heterocycles. The summed E-state index contributed by atoms with van der Waals surface area (Å²) in [5.41, 5.74) is 0. The van der Waals surface area contributed by atoms with Crippen molar-refractivity contribution in [3.63, 3.8) is 0 Å². The van der Waals surface area contributed by atoms with Gasteiger partial charge in [0.25, 0.3) is 0 Å². The van der Waals surface area contributed by atoms with Crippen LogP contribution in [0.2, 0.25) is 0 Å². The molecular weight excluding hydrogens is 414 g/mol. The molecule has 0 bridgehead atoms. The van der Waals surface area contributed by atoms with Gasteiger partial charge in [0, 0.05) is 0 Å². The maximum absolute atomic E-state index is 12.2. The molecule has 0 spiro atoms. The standard InChI is InChI=1S/C28H57NO4/c1-3-5-7-9-11-13-15-17-19-21-25(31)23-28(33)29-26(24-30)27(32)22-20-18-16-14-12-10-8-6-4-2/h25-27,30-32H,3-24H2,1-2H3,(H,29,33). The highest BCUT2D eigenvalue weighted by Crippen LogP contribution is 2.14. The molecule has 3 unspecified atom stereocenters. The van der Waals surface area contributed by atoms with Crippen LogP contribution in [0.3, 0.4) is 0 Å². The molecule has 0 fully saturated rings. The normalized spacial score (nSPS) is 14.2. The average molecular weight is 472 g/mol. The minimum Gasteiger partial charge on any atom is -0.394 e. The summed E-state index contributed by atoms with van der Waals surface area (Å²) in [5, 5.41) is 32.8. The van der Waals surface area contributed by atoms with Crippen LogP contribution in [0.1, 0.15) is 149 Å². The van der Waals surface area contributed by atoms with Crippen LogP contribution in [0.25, 0.3) is 0 Å². The molecule has 0 aromatic rings. The van der Waals surface area contributed by atoms with E-state index in [1.54, 1.807) is 0 Å². The molecule has 0 aliphatic carbocycles. The Morgan fingerprint density at radius 2 is 1.03 bits per heavy atom. The van der Waals surface area contributed by atoms with Gasteiger partial charge in [0.1, 0.15) is 0 Å². The first-order chi connectivity index (χ1) is 16.0. The number of aliphatic hydroxyl groups excluding tert-OH is 3. The highest BCUT2D eigenvalue weighted by molar-refractivity contribution is 5.76. The van der Waals surface area contributed by atoms with Gasteiger partial charge in [0.05, 0.1) is 31.3 Å². The third-order valence-electron chi connectivity index (χ3n) is 6.67. The van der Waals surface area contributed by atoms with Crippen molar-refractivity contribution in [3.05, 3.63) is 0 Å². The van der Waals surface area contributed by atoms with Crippen molar-refractivity contribution in [3.8, 4) is 0 Å². The van der Waals surface area contributed by atoms with Gasteiger partial charge in [-0.25, -0.2) is 0 Å². The van der Waals surface area contributed by atoms with Gasteiger partial charge >= 0.3 is 0 Å². The molecule has 0 radical (unpaired) electrons. The van der Waals surface area contributed by atoms with Crippen LogP contribution in [0.5, 0.6) is 0 Å². The second kappa shape index (κ2) is 24.5. The number of rotatable bonds is 25. The summed E-state index contributed by atoms with van der Waals surface area (Å²) in [4.78, 5) is 12.2. The van der Waals surface area contributed by atoms with Gasteiger partial charge < -0.3 is 20.6 Å². The zero-order chi connectivity index (χ0) is 24.6. The van der Waals surface area contributed by atoms with Crippen molar-refractivity contribution in [1.29, 1.82) is 0 Å². The van der Waals surface area contributed by atoms with E-state index in [1.807, 2.05) is 0 Å². The maximum atomic E-state index is 12.2. The highest BCUT2D eigenvalue weighted by atomic mass is 16.3. The summed E-state index contributed by atoms with van der Waals surface area (Å²) < 4.78 is 0. The smallest absolute Gasteiger partial charge is 0.222 e. The summed E-state index contributed by atoms with van der Waals surface area (Å²) in [6.45, 7) is 4.18. The summed E-state index contributed by atoms with van der Waals surface area (Å²) >= 11 is 0. The van der Waals surface area contributed by atoms with Gasteiger partial charge in [-0.15, -0.1) is 0 Å². The summed E-state index contributed by atoms with van der Waals surface area (Å²) in [5.74, 6) is -0.288. The lowest BCUT2D eigenvalue weighted by molar-refractivity contribution is -0.125. The van der Waals surface area contributed by atoms with Crippen molar-refractivity contribution in [2.75, 3.05) is 6.61 Å². The quantitative estimate of drug-likeness (QED) is 0.116. The highest BCUT2D eigenvalue weighted by Gasteiger charge is 2.21. The predicted molar refractivity (Wildman–Crippen MR) is 139 cm³/mol. The van der Waals surface area contributed by atoms with Crippen molar-refractivity contribution < 1.29 is 20.1 Å². The molecular formula is C28H57NO4. The molecule has 5 heteroatoms. The van der Waals surface area contributed by atoms with Gasteiger partial charge in [0.2, 0.25) is 5.91 Å². The van der Waals surface area contributed by atoms with Gasteiger partial charge in [-0.05, 0) is 12.8 Å². The van der Waals surface area contributed by atoms with E-state index in [2.05, 4.69) is 19.2 Å².